The minimum atomic E-state index is -3.38. The number of halogens is 3. The van der Waals surface area contributed by atoms with Crippen LogP contribution in [0.1, 0.15) is 30.7 Å². The van der Waals surface area contributed by atoms with Gasteiger partial charge in [-0.1, -0.05) is 18.2 Å². The van der Waals surface area contributed by atoms with Crippen molar-refractivity contribution in [3.63, 3.8) is 0 Å². The van der Waals surface area contributed by atoms with Crippen molar-refractivity contribution in [2.75, 3.05) is 19.3 Å². The van der Waals surface area contributed by atoms with E-state index in [2.05, 4.69) is 4.72 Å². The van der Waals surface area contributed by atoms with E-state index in [1.54, 1.807) is 11.0 Å². The van der Waals surface area contributed by atoms with Gasteiger partial charge in [0.25, 0.3) is 0 Å². The van der Waals surface area contributed by atoms with Crippen molar-refractivity contribution in [3.8, 4) is 11.1 Å². The molecule has 1 amide bonds. The van der Waals surface area contributed by atoms with Gasteiger partial charge in [-0.05, 0) is 48.9 Å². The largest absolute Gasteiger partial charge is 0.341 e. The molecule has 31 heavy (non-hydrogen) atoms. The van der Waals surface area contributed by atoms with Crippen molar-refractivity contribution >= 4 is 15.9 Å². The van der Waals surface area contributed by atoms with Gasteiger partial charge in [0.1, 0.15) is 17.5 Å². The number of amides is 1. The maximum atomic E-state index is 14.7. The first-order chi connectivity index (χ1) is 14.7. The van der Waals surface area contributed by atoms with Crippen LogP contribution in [-0.2, 0) is 14.8 Å². The topological polar surface area (TPSA) is 66.5 Å². The van der Waals surface area contributed by atoms with Crippen molar-refractivity contribution in [1.82, 2.24) is 9.62 Å². The first-order valence-electron chi connectivity index (χ1n) is 10.1. The van der Waals surface area contributed by atoms with E-state index in [0.717, 1.165) is 24.5 Å². The van der Waals surface area contributed by atoms with Crippen LogP contribution in [-0.4, -0.2) is 44.6 Å². The molecule has 5 nitrogen and oxygen atoms in total. The second-order valence-electron chi connectivity index (χ2n) is 8.26. The molecule has 0 spiro atoms. The second-order valence-corrected chi connectivity index (χ2v) is 10.0. The first-order valence-corrected chi connectivity index (χ1v) is 12.0. The number of piperidine rings is 1. The van der Waals surface area contributed by atoms with E-state index in [0.29, 0.717) is 31.4 Å². The van der Waals surface area contributed by atoms with Crippen molar-refractivity contribution in [3.05, 3.63) is 59.4 Å². The van der Waals surface area contributed by atoms with E-state index in [4.69, 9.17) is 0 Å². The van der Waals surface area contributed by atoms with E-state index >= 15 is 0 Å². The van der Waals surface area contributed by atoms with Crippen molar-refractivity contribution in [2.24, 2.45) is 5.92 Å². The predicted molar refractivity (Wildman–Crippen MR) is 110 cm³/mol. The molecular formula is C22H23F3N2O3S. The summed E-state index contributed by atoms with van der Waals surface area (Å²) in [4.78, 5) is 14.7. The number of benzene rings is 2. The maximum absolute atomic E-state index is 14.7. The average Bonchev–Trinajstić information content (AvgIpc) is 3.48. The van der Waals surface area contributed by atoms with Crippen molar-refractivity contribution < 1.29 is 26.4 Å². The van der Waals surface area contributed by atoms with Gasteiger partial charge in [-0.3, -0.25) is 4.79 Å². The Labute approximate surface area is 179 Å². The summed E-state index contributed by atoms with van der Waals surface area (Å²) in [5.41, 5.74) is -0.164. The number of likely N-dealkylation sites (tertiary alicyclic amines) is 1. The standard InChI is InChI=1S/C22H23F3N2O3S/c1-31(29,30)26-13-5-4-10-27(12-13)22(28)16-11-15(16)14-6-2-7-17(23)20(14)21-18(24)8-3-9-19(21)25/h2-3,6-9,13,15-16,26H,4-5,10-12H2,1H3/t13-,15?,16?/m0/s1. The van der Waals surface area contributed by atoms with Gasteiger partial charge in [0, 0.05) is 30.6 Å². The number of rotatable bonds is 5. The van der Waals surface area contributed by atoms with Crippen LogP contribution < -0.4 is 4.72 Å². The molecule has 3 atom stereocenters. The van der Waals surface area contributed by atoms with Crippen LogP contribution in [0.15, 0.2) is 36.4 Å². The Morgan fingerprint density at radius 3 is 2.29 bits per heavy atom. The fraction of sp³-hybridized carbons (Fsp3) is 0.409. The quantitative estimate of drug-likeness (QED) is 0.756. The number of hydrogen-bond donors (Lipinski definition) is 1. The number of nitrogens with one attached hydrogen (secondary N) is 1. The summed E-state index contributed by atoms with van der Waals surface area (Å²) in [5, 5.41) is 0. The SMILES string of the molecule is CS(=O)(=O)N[C@H]1CCCN(C(=O)C2CC2c2cccc(F)c2-c2c(F)cccc2F)C1. The zero-order valence-corrected chi connectivity index (χ0v) is 17.8. The molecule has 0 aromatic heterocycles. The predicted octanol–water partition coefficient (Wildman–Crippen LogP) is 3.41. The number of carbonyl (C=O) groups excluding carboxylic acids is 1. The minimum Gasteiger partial charge on any atom is -0.341 e. The molecule has 0 bridgehead atoms. The lowest BCUT2D eigenvalue weighted by molar-refractivity contribution is -0.133. The number of nitrogens with zero attached hydrogens (tertiary/aromatic N) is 1. The van der Waals surface area contributed by atoms with E-state index < -0.39 is 39.0 Å². The van der Waals surface area contributed by atoms with Crippen LogP contribution in [0, 0.1) is 23.4 Å². The Balaban J connectivity index is 1.56. The van der Waals surface area contributed by atoms with Gasteiger partial charge in [-0.25, -0.2) is 26.3 Å². The highest BCUT2D eigenvalue weighted by atomic mass is 32.2. The molecule has 2 unspecified atom stereocenters. The maximum Gasteiger partial charge on any atom is 0.226 e. The lowest BCUT2D eigenvalue weighted by Crippen LogP contribution is -2.49. The molecule has 9 heteroatoms. The number of carbonyl (C=O) groups is 1. The molecule has 1 aliphatic carbocycles. The van der Waals surface area contributed by atoms with Gasteiger partial charge in [-0.15, -0.1) is 0 Å². The van der Waals surface area contributed by atoms with Crippen LogP contribution in [0.5, 0.6) is 0 Å². The summed E-state index contributed by atoms with van der Waals surface area (Å²) in [6.07, 6.45) is 2.84. The molecule has 0 radical (unpaired) electrons. The molecule has 166 valence electrons. The smallest absolute Gasteiger partial charge is 0.226 e. The molecule has 1 saturated carbocycles. The molecule has 2 aliphatic rings. The Hall–Kier alpha value is -2.39. The van der Waals surface area contributed by atoms with E-state index in [-0.39, 0.29) is 30.0 Å². The van der Waals surface area contributed by atoms with Crippen LogP contribution in [0.2, 0.25) is 0 Å². The van der Waals surface area contributed by atoms with Gasteiger partial charge in [0.05, 0.1) is 11.8 Å². The molecule has 4 rings (SSSR count). The number of sulfonamides is 1. The molecule has 1 saturated heterocycles. The van der Waals surface area contributed by atoms with Crippen molar-refractivity contribution in [2.45, 2.75) is 31.2 Å². The van der Waals surface area contributed by atoms with E-state index in [1.165, 1.54) is 12.1 Å². The molecule has 1 N–H and O–H groups in total. The zero-order chi connectivity index (χ0) is 22.3. The van der Waals surface area contributed by atoms with Gasteiger partial charge in [0.15, 0.2) is 0 Å². The molecule has 1 heterocycles. The van der Waals surface area contributed by atoms with Crippen molar-refractivity contribution in [1.29, 1.82) is 0 Å². The summed E-state index contributed by atoms with van der Waals surface area (Å²) >= 11 is 0. The van der Waals surface area contributed by atoms with Gasteiger partial charge < -0.3 is 4.90 Å². The normalized spacial score (nSPS) is 23.6. The van der Waals surface area contributed by atoms with E-state index in [1.807, 2.05) is 0 Å². The second kappa shape index (κ2) is 8.27. The summed E-state index contributed by atoms with van der Waals surface area (Å²) < 4.78 is 69.0. The third kappa shape index (κ3) is 4.62. The van der Waals surface area contributed by atoms with Gasteiger partial charge in [-0.2, -0.15) is 0 Å². The molecule has 2 fully saturated rings. The Morgan fingerprint density at radius 2 is 1.65 bits per heavy atom. The van der Waals surface area contributed by atoms with Crippen LogP contribution in [0.3, 0.4) is 0 Å². The average molecular weight is 452 g/mol. The van der Waals surface area contributed by atoms with Crippen LogP contribution in [0.25, 0.3) is 11.1 Å². The Kier molecular flexibility index (Phi) is 5.83. The monoisotopic (exact) mass is 452 g/mol. The first kappa shape index (κ1) is 21.8. The lowest BCUT2D eigenvalue weighted by atomic mass is 9.94. The highest BCUT2D eigenvalue weighted by Gasteiger charge is 2.48. The minimum absolute atomic E-state index is 0.144. The molecule has 1 aliphatic heterocycles. The zero-order valence-electron chi connectivity index (χ0n) is 16.9. The van der Waals surface area contributed by atoms with E-state index in [9.17, 15) is 26.4 Å². The summed E-state index contributed by atoms with van der Waals surface area (Å²) in [5.74, 6) is -3.38. The fourth-order valence-corrected chi connectivity index (χ4v) is 5.27. The van der Waals surface area contributed by atoms with Gasteiger partial charge in [0.2, 0.25) is 15.9 Å². The van der Waals surface area contributed by atoms with Crippen LogP contribution >= 0.6 is 0 Å². The highest BCUT2D eigenvalue weighted by molar-refractivity contribution is 7.88. The molecule has 2 aromatic carbocycles. The number of hydrogen-bond acceptors (Lipinski definition) is 3. The fourth-order valence-electron chi connectivity index (χ4n) is 4.47. The van der Waals surface area contributed by atoms with Gasteiger partial charge >= 0.3 is 0 Å². The Bertz CT molecular complexity index is 1100. The lowest BCUT2D eigenvalue weighted by Gasteiger charge is -2.33. The van der Waals surface area contributed by atoms with Crippen LogP contribution in [0.4, 0.5) is 13.2 Å². The third-order valence-corrected chi connectivity index (χ3v) is 6.64. The molecular weight excluding hydrogens is 429 g/mol. The Morgan fingerprint density at radius 1 is 1.03 bits per heavy atom. The summed E-state index contributed by atoms with van der Waals surface area (Å²) in [6.45, 7) is 0.787. The summed E-state index contributed by atoms with van der Waals surface area (Å²) in [7, 11) is -3.38. The summed E-state index contributed by atoms with van der Waals surface area (Å²) in [6, 6.07) is 7.25. The molecule has 2 aromatic rings. The highest BCUT2D eigenvalue weighted by Crippen LogP contribution is 2.52. The third-order valence-electron chi connectivity index (χ3n) is 5.88.